The molecule has 1 aliphatic rings. The van der Waals surface area contributed by atoms with Crippen LogP contribution in [0, 0.1) is 0 Å². The Balaban J connectivity index is 2.19. The number of thiol groups is 1. The smallest absolute Gasteiger partial charge is 0.229 e. The average Bonchev–Trinajstić information content (AvgIpc) is 2.67. The largest absolute Gasteiger partial charge is 0.368 e. The molecule has 2 N–H and O–H groups in total. The Morgan fingerprint density at radius 2 is 2.11 bits per heavy atom. The van der Waals surface area contributed by atoms with Crippen LogP contribution < -0.4 is 10.6 Å². The van der Waals surface area contributed by atoms with Crippen LogP contribution in [0.2, 0.25) is 0 Å². The Morgan fingerprint density at radius 3 is 2.83 bits per heavy atom. The van der Waals surface area contributed by atoms with Gasteiger partial charge >= 0.3 is 0 Å². The Bertz CT molecular complexity index is 631. The van der Waals surface area contributed by atoms with E-state index in [4.69, 9.17) is 5.73 Å². The number of aromatic nitrogens is 2. The molecule has 2 heterocycles. The van der Waals surface area contributed by atoms with Gasteiger partial charge in [0.25, 0.3) is 0 Å². The number of rotatable bonds is 1. The van der Waals surface area contributed by atoms with Crippen LogP contribution in [-0.2, 0) is 4.79 Å². The van der Waals surface area contributed by atoms with Crippen molar-refractivity contribution in [2.75, 3.05) is 17.2 Å². The maximum atomic E-state index is 11.9. The van der Waals surface area contributed by atoms with E-state index in [0.717, 1.165) is 10.9 Å². The second kappa shape index (κ2) is 4.13. The molecule has 18 heavy (non-hydrogen) atoms. The maximum Gasteiger partial charge on any atom is 0.229 e. The number of amides is 1. The lowest BCUT2D eigenvalue weighted by molar-refractivity contribution is -0.117. The van der Waals surface area contributed by atoms with Crippen LogP contribution in [0.1, 0.15) is 6.42 Å². The standard InChI is InChI=1S/C12H12N4OS/c13-12-14-9-4-2-1-3-8(9)11(15-12)16-6-7(18)5-10(16)17/h1-4,7,18H,5-6H2,(H2,13,14,15). The monoisotopic (exact) mass is 260 g/mol. The van der Waals surface area contributed by atoms with E-state index in [-0.39, 0.29) is 17.1 Å². The second-order valence-electron chi connectivity index (χ2n) is 4.28. The summed E-state index contributed by atoms with van der Waals surface area (Å²) in [6.45, 7) is 0.558. The number of para-hydroxylation sites is 1. The molecule has 2 aromatic rings. The summed E-state index contributed by atoms with van der Waals surface area (Å²) in [5.41, 5.74) is 6.44. The lowest BCUT2D eigenvalue weighted by Gasteiger charge is -2.17. The van der Waals surface area contributed by atoms with E-state index in [1.165, 1.54) is 0 Å². The van der Waals surface area contributed by atoms with E-state index in [1.54, 1.807) is 4.90 Å². The van der Waals surface area contributed by atoms with Crippen molar-refractivity contribution in [3.8, 4) is 0 Å². The number of hydrogen-bond donors (Lipinski definition) is 2. The van der Waals surface area contributed by atoms with Gasteiger partial charge in [-0.2, -0.15) is 17.6 Å². The van der Waals surface area contributed by atoms with Crippen molar-refractivity contribution in [3.05, 3.63) is 24.3 Å². The fraction of sp³-hybridized carbons (Fsp3) is 0.250. The number of carbonyl (C=O) groups is 1. The van der Waals surface area contributed by atoms with Crippen molar-refractivity contribution in [2.24, 2.45) is 0 Å². The number of benzene rings is 1. The summed E-state index contributed by atoms with van der Waals surface area (Å²) in [5.74, 6) is 0.789. The lowest BCUT2D eigenvalue weighted by atomic mass is 10.2. The molecule has 1 fully saturated rings. The number of nitrogen functional groups attached to an aromatic ring is 1. The summed E-state index contributed by atoms with van der Waals surface area (Å²) < 4.78 is 0. The highest BCUT2D eigenvalue weighted by Gasteiger charge is 2.30. The van der Waals surface area contributed by atoms with Gasteiger partial charge in [0, 0.05) is 23.6 Å². The highest BCUT2D eigenvalue weighted by atomic mass is 32.1. The zero-order chi connectivity index (χ0) is 12.7. The third-order valence-corrected chi connectivity index (χ3v) is 3.31. The van der Waals surface area contributed by atoms with Gasteiger partial charge in [0.2, 0.25) is 11.9 Å². The van der Waals surface area contributed by atoms with Crippen LogP contribution in [0.5, 0.6) is 0 Å². The molecule has 0 bridgehead atoms. The van der Waals surface area contributed by atoms with E-state index >= 15 is 0 Å². The van der Waals surface area contributed by atoms with Crippen molar-refractivity contribution in [1.29, 1.82) is 0 Å². The number of nitrogens with zero attached hydrogens (tertiary/aromatic N) is 3. The molecule has 1 aliphatic heterocycles. The van der Waals surface area contributed by atoms with Crippen molar-refractivity contribution >= 4 is 41.2 Å². The molecule has 1 aromatic carbocycles. The first kappa shape index (κ1) is 11.3. The van der Waals surface area contributed by atoms with E-state index in [0.29, 0.717) is 18.8 Å². The summed E-state index contributed by atoms with van der Waals surface area (Å²) in [4.78, 5) is 21.9. The number of carbonyl (C=O) groups excluding carboxylic acids is 1. The SMILES string of the molecule is Nc1nc(N2CC(S)CC2=O)c2ccccc2n1. The van der Waals surface area contributed by atoms with Gasteiger partial charge in [-0.15, -0.1) is 0 Å². The van der Waals surface area contributed by atoms with E-state index in [2.05, 4.69) is 22.6 Å². The molecule has 1 atom stereocenters. The van der Waals surface area contributed by atoms with Gasteiger partial charge < -0.3 is 5.73 Å². The normalized spacial score (nSPS) is 19.7. The van der Waals surface area contributed by atoms with Crippen LogP contribution >= 0.6 is 12.6 Å². The number of anilines is 2. The Kier molecular flexibility index (Phi) is 2.59. The molecule has 0 spiro atoms. The predicted molar refractivity (Wildman–Crippen MR) is 73.7 cm³/mol. The topological polar surface area (TPSA) is 72.1 Å². The van der Waals surface area contributed by atoms with E-state index in [9.17, 15) is 4.79 Å². The second-order valence-corrected chi connectivity index (χ2v) is 5.02. The van der Waals surface area contributed by atoms with Crippen LogP contribution in [0.3, 0.4) is 0 Å². The highest BCUT2D eigenvalue weighted by Crippen LogP contribution is 2.29. The lowest BCUT2D eigenvalue weighted by Crippen LogP contribution is -2.26. The van der Waals surface area contributed by atoms with E-state index < -0.39 is 0 Å². The molecule has 1 unspecified atom stereocenters. The molecule has 5 nitrogen and oxygen atoms in total. The molecule has 0 radical (unpaired) electrons. The first-order valence-corrected chi connectivity index (χ1v) is 6.17. The van der Waals surface area contributed by atoms with Gasteiger partial charge in [0.05, 0.1) is 5.52 Å². The number of hydrogen-bond acceptors (Lipinski definition) is 5. The third kappa shape index (κ3) is 1.78. The van der Waals surface area contributed by atoms with Crippen molar-refractivity contribution in [3.63, 3.8) is 0 Å². The average molecular weight is 260 g/mol. The summed E-state index contributed by atoms with van der Waals surface area (Å²) in [7, 11) is 0. The van der Waals surface area contributed by atoms with Crippen LogP contribution in [0.25, 0.3) is 10.9 Å². The van der Waals surface area contributed by atoms with Gasteiger partial charge in [-0.3, -0.25) is 9.69 Å². The van der Waals surface area contributed by atoms with Gasteiger partial charge in [-0.05, 0) is 12.1 Å². The fourth-order valence-electron chi connectivity index (χ4n) is 2.18. The molecule has 1 aromatic heterocycles. The first-order valence-electron chi connectivity index (χ1n) is 5.66. The number of fused-ring (bicyclic) bond motifs is 1. The molecule has 1 amide bonds. The maximum absolute atomic E-state index is 11.9. The minimum atomic E-state index is 0.0262. The quantitative estimate of drug-likeness (QED) is 0.757. The fourth-order valence-corrected chi connectivity index (χ4v) is 2.50. The van der Waals surface area contributed by atoms with Gasteiger partial charge in [0.15, 0.2) is 0 Å². The summed E-state index contributed by atoms with van der Waals surface area (Å²) in [5, 5.41) is 0.884. The highest BCUT2D eigenvalue weighted by molar-refractivity contribution is 7.81. The molecule has 1 saturated heterocycles. The van der Waals surface area contributed by atoms with Crippen LogP contribution in [-0.4, -0.2) is 27.7 Å². The van der Waals surface area contributed by atoms with Gasteiger partial charge in [0.1, 0.15) is 5.82 Å². The van der Waals surface area contributed by atoms with E-state index in [1.807, 2.05) is 24.3 Å². The summed E-state index contributed by atoms with van der Waals surface area (Å²) in [6.07, 6.45) is 0.432. The molecular formula is C12H12N4OS. The van der Waals surface area contributed by atoms with Crippen molar-refractivity contribution < 1.29 is 4.79 Å². The van der Waals surface area contributed by atoms with Crippen molar-refractivity contribution in [2.45, 2.75) is 11.7 Å². The van der Waals surface area contributed by atoms with Crippen LogP contribution in [0.4, 0.5) is 11.8 Å². The van der Waals surface area contributed by atoms with Crippen LogP contribution in [0.15, 0.2) is 24.3 Å². The predicted octanol–water partition coefficient (Wildman–Crippen LogP) is 1.25. The molecule has 0 aliphatic carbocycles. The van der Waals surface area contributed by atoms with Gasteiger partial charge in [-0.1, -0.05) is 12.1 Å². The molecule has 92 valence electrons. The third-order valence-electron chi connectivity index (χ3n) is 2.96. The van der Waals surface area contributed by atoms with Gasteiger partial charge in [-0.25, -0.2) is 4.98 Å². The first-order chi connectivity index (χ1) is 8.65. The molecular weight excluding hydrogens is 248 g/mol. The zero-order valence-electron chi connectivity index (χ0n) is 9.58. The Hall–Kier alpha value is -1.82. The minimum Gasteiger partial charge on any atom is -0.368 e. The Morgan fingerprint density at radius 1 is 1.33 bits per heavy atom. The summed E-state index contributed by atoms with van der Waals surface area (Å²) in [6, 6.07) is 7.52. The Labute approximate surface area is 109 Å². The molecule has 3 rings (SSSR count). The molecule has 0 saturated carbocycles. The number of nitrogens with two attached hydrogens (primary N) is 1. The summed E-state index contributed by atoms with van der Waals surface area (Å²) >= 11 is 4.34. The van der Waals surface area contributed by atoms with Crippen molar-refractivity contribution in [1.82, 2.24) is 9.97 Å². The zero-order valence-corrected chi connectivity index (χ0v) is 10.5. The minimum absolute atomic E-state index is 0.0262. The molecule has 6 heteroatoms.